The molecular formula is C20H18N2O4S. The lowest BCUT2D eigenvalue weighted by Gasteiger charge is -2.17. The molecule has 5 rings (SSSR count). The summed E-state index contributed by atoms with van der Waals surface area (Å²) in [5.74, 6) is 1.67. The molecule has 0 saturated heterocycles. The van der Waals surface area contributed by atoms with Crippen molar-refractivity contribution in [3.8, 4) is 11.5 Å². The van der Waals surface area contributed by atoms with Gasteiger partial charge in [0.25, 0.3) is 5.56 Å². The van der Waals surface area contributed by atoms with E-state index in [2.05, 4.69) is 11.9 Å². The summed E-state index contributed by atoms with van der Waals surface area (Å²) in [7, 11) is 0. The summed E-state index contributed by atoms with van der Waals surface area (Å²) < 4.78 is 12.0. The summed E-state index contributed by atoms with van der Waals surface area (Å²) in [5.41, 5.74) is 1.50. The van der Waals surface area contributed by atoms with Crippen LogP contribution in [0.25, 0.3) is 10.2 Å². The fourth-order valence-electron chi connectivity index (χ4n) is 3.79. The van der Waals surface area contributed by atoms with Crippen molar-refractivity contribution >= 4 is 27.3 Å². The van der Waals surface area contributed by atoms with Gasteiger partial charge in [0, 0.05) is 10.4 Å². The van der Waals surface area contributed by atoms with Crippen molar-refractivity contribution in [2.75, 3.05) is 6.79 Å². The van der Waals surface area contributed by atoms with E-state index in [1.54, 1.807) is 29.5 Å². The number of carbonyl (C=O) groups excluding carboxylic acids is 1. The quantitative estimate of drug-likeness (QED) is 0.651. The van der Waals surface area contributed by atoms with E-state index in [1.807, 2.05) is 0 Å². The van der Waals surface area contributed by atoms with Crippen molar-refractivity contribution in [2.45, 2.75) is 32.7 Å². The minimum atomic E-state index is -0.158. The van der Waals surface area contributed by atoms with Crippen molar-refractivity contribution in [2.24, 2.45) is 5.92 Å². The summed E-state index contributed by atoms with van der Waals surface area (Å²) in [6.45, 7) is 2.36. The van der Waals surface area contributed by atoms with Gasteiger partial charge in [0.1, 0.15) is 4.83 Å². The van der Waals surface area contributed by atoms with E-state index in [0.29, 0.717) is 28.4 Å². The van der Waals surface area contributed by atoms with Gasteiger partial charge in [-0.15, -0.1) is 11.3 Å². The number of aryl methyl sites for hydroxylation is 1. The number of thiophene rings is 1. The van der Waals surface area contributed by atoms with Gasteiger partial charge in [-0.3, -0.25) is 14.2 Å². The van der Waals surface area contributed by atoms with E-state index < -0.39 is 0 Å². The van der Waals surface area contributed by atoms with Crippen LogP contribution in [-0.2, 0) is 19.4 Å². The molecule has 0 N–H and O–H groups in total. The maximum atomic E-state index is 13.0. The molecule has 1 atom stereocenters. The first-order valence-corrected chi connectivity index (χ1v) is 9.84. The molecule has 0 saturated carbocycles. The zero-order valence-corrected chi connectivity index (χ0v) is 15.7. The first-order chi connectivity index (χ1) is 13.1. The summed E-state index contributed by atoms with van der Waals surface area (Å²) >= 11 is 1.62. The van der Waals surface area contributed by atoms with Crippen molar-refractivity contribution in [3.63, 3.8) is 0 Å². The smallest absolute Gasteiger partial charge is 0.262 e. The van der Waals surface area contributed by atoms with Gasteiger partial charge >= 0.3 is 0 Å². The van der Waals surface area contributed by atoms with Crippen molar-refractivity contribution < 1.29 is 14.3 Å². The number of rotatable bonds is 3. The lowest BCUT2D eigenvalue weighted by molar-refractivity contribution is 0.0970. The number of carbonyl (C=O) groups is 1. The fourth-order valence-corrected chi connectivity index (χ4v) is 5.14. The molecular weight excluding hydrogens is 364 g/mol. The Morgan fingerprint density at radius 1 is 1.33 bits per heavy atom. The zero-order valence-electron chi connectivity index (χ0n) is 14.9. The Balaban J connectivity index is 1.49. The number of benzene rings is 1. The third-order valence-electron chi connectivity index (χ3n) is 5.29. The normalized spacial score (nSPS) is 17.9. The SMILES string of the molecule is C[C@@H]1CCc2c(sc3ncn(CC(=O)c4ccc5c(c4)OCO5)c(=O)c23)C1. The molecule has 1 aromatic carbocycles. The van der Waals surface area contributed by atoms with Crippen LogP contribution in [0.2, 0.25) is 0 Å². The molecule has 0 fully saturated rings. The fraction of sp³-hybridized carbons (Fsp3) is 0.350. The third kappa shape index (κ3) is 2.73. The molecule has 0 bridgehead atoms. The van der Waals surface area contributed by atoms with Gasteiger partial charge in [-0.1, -0.05) is 6.92 Å². The average Bonchev–Trinajstić information content (AvgIpc) is 3.27. The van der Waals surface area contributed by atoms with Crippen LogP contribution in [0.4, 0.5) is 0 Å². The standard InChI is InChI=1S/C20H18N2O4S/c1-11-2-4-13-17(6-11)27-19-18(13)20(24)22(9-21-19)8-14(23)12-3-5-15-16(7-12)26-10-25-15/h3,5,7,9,11H,2,4,6,8,10H2,1H3/t11-/m1/s1. The Hall–Kier alpha value is -2.67. The predicted octanol–water partition coefficient (Wildman–Crippen LogP) is 3.19. The zero-order chi connectivity index (χ0) is 18.5. The lowest BCUT2D eigenvalue weighted by atomic mass is 9.89. The van der Waals surface area contributed by atoms with Gasteiger partial charge in [0.2, 0.25) is 6.79 Å². The van der Waals surface area contributed by atoms with Gasteiger partial charge in [0.15, 0.2) is 17.3 Å². The second-order valence-corrected chi connectivity index (χ2v) is 8.28. The first-order valence-electron chi connectivity index (χ1n) is 9.02. The van der Waals surface area contributed by atoms with Crippen molar-refractivity contribution in [1.29, 1.82) is 0 Å². The minimum Gasteiger partial charge on any atom is -0.454 e. The van der Waals surface area contributed by atoms with Crippen molar-refractivity contribution in [3.05, 3.63) is 50.9 Å². The molecule has 2 aromatic heterocycles. The summed E-state index contributed by atoms with van der Waals surface area (Å²) in [5, 5.41) is 0.697. The number of ether oxygens (including phenoxy) is 2. The summed E-state index contributed by atoms with van der Waals surface area (Å²) in [6.07, 6.45) is 4.49. The number of fused-ring (bicyclic) bond motifs is 4. The second-order valence-electron chi connectivity index (χ2n) is 7.20. The number of hydrogen-bond donors (Lipinski definition) is 0. The molecule has 0 radical (unpaired) electrons. The van der Waals surface area contributed by atoms with Gasteiger partial charge in [-0.2, -0.15) is 0 Å². The molecule has 6 nitrogen and oxygen atoms in total. The van der Waals surface area contributed by atoms with Crippen LogP contribution in [0.3, 0.4) is 0 Å². The summed E-state index contributed by atoms with van der Waals surface area (Å²) in [4.78, 5) is 32.2. The second kappa shape index (κ2) is 6.20. The van der Waals surface area contributed by atoms with Gasteiger partial charge in [-0.05, 0) is 48.9 Å². The molecule has 0 unspecified atom stereocenters. The Bertz CT molecular complexity index is 1130. The highest BCUT2D eigenvalue weighted by Crippen LogP contribution is 2.35. The molecule has 138 valence electrons. The Labute approximate surface area is 159 Å². The molecule has 3 heterocycles. The number of ketones is 1. The number of Topliss-reactive ketones (excluding diaryl/α,β-unsaturated/α-hetero) is 1. The third-order valence-corrected chi connectivity index (χ3v) is 6.45. The predicted molar refractivity (Wildman–Crippen MR) is 102 cm³/mol. The molecule has 2 aliphatic rings. The Kier molecular flexibility index (Phi) is 3.79. The summed E-state index contributed by atoms with van der Waals surface area (Å²) in [6, 6.07) is 5.08. The highest BCUT2D eigenvalue weighted by atomic mass is 32.1. The topological polar surface area (TPSA) is 70.4 Å². The van der Waals surface area contributed by atoms with E-state index in [-0.39, 0.29) is 24.7 Å². The molecule has 1 aliphatic heterocycles. The van der Waals surface area contributed by atoms with Crippen LogP contribution in [-0.4, -0.2) is 22.1 Å². The largest absolute Gasteiger partial charge is 0.454 e. The van der Waals surface area contributed by atoms with E-state index in [4.69, 9.17) is 9.47 Å². The minimum absolute atomic E-state index is 0.0392. The Morgan fingerprint density at radius 3 is 3.07 bits per heavy atom. The van der Waals surface area contributed by atoms with Gasteiger partial charge in [-0.25, -0.2) is 4.98 Å². The van der Waals surface area contributed by atoms with Crippen LogP contribution in [0.5, 0.6) is 11.5 Å². The Morgan fingerprint density at radius 2 is 2.19 bits per heavy atom. The van der Waals surface area contributed by atoms with E-state index in [1.165, 1.54) is 15.8 Å². The van der Waals surface area contributed by atoms with Crippen LogP contribution >= 0.6 is 11.3 Å². The molecule has 1 aliphatic carbocycles. The van der Waals surface area contributed by atoms with Crippen LogP contribution in [0, 0.1) is 5.92 Å². The van der Waals surface area contributed by atoms with Gasteiger partial charge in [0.05, 0.1) is 18.3 Å². The van der Waals surface area contributed by atoms with Crippen LogP contribution in [0.1, 0.15) is 34.1 Å². The highest BCUT2D eigenvalue weighted by molar-refractivity contribution is 7.18. The van der Waals surface area contributed by atoms with Crippen molar-refractivity contribution in [1.82, 2.24) is 9.55 Å². The van der Waals surface area contributed by atoms with Crippen LogP contribution in [0.15, 0.2) is 29.3 Å². The van der Waals surface area contributed by atoms with E-state index in [0.717, 1.165) is 29.7 Å². The lowest BCUT2D eigenvalue weighted by Crippen LogP contribution is -2.25. The molecule has 7 heteroatoms. The number of nitrogens with zero attached hydrogens (tertiary/aromatic N) is 2. The van der Waals surface area contributed by atoms with Gasteiger partial charge < -0.3 is 9.47 Å². The van der Waals surface area contributed by atoms with Crippen LogP contribution < -0.4 is 15.0 Å². The highest BCUT2D eigenvalue weighted by Gasteiger charge is 2.24. The first kappa shape index (κ1) is 16.5. The molecule has 3 aromatic rings. The molecule has 27 heavy (non-hydrogen) atoms. The maximum absolute atomic E-state index is 13.0. The van der Waals surface area contributed by atoms with E-state index in [9.17, 15) is 9.59 Å². The number of aromatic nitrogens is 2. The monoisotopic (exact) mass is 382 g/mol. The van der Waals surface area contributed by atoms with E-state index >= 15 is 0 Å². The molecule has 0 spiro atoms. The number of hydrogen-bond acceptors (Lipinski definition) is 6. The molecule has 0 amide bonds. The maximum Gasteiger partial charge on any atom is 0.262 e. The average molecular weight is 382 g/mol.